The van der Waals surface area contributed by atoms with E-state index in [1.54, 1.807) is 17.9 Å². The Hall–Kier alpha value is -0.880. The summed E-state index contributed by atoms with van der Waals surface area (Å²) >= 11 is 3.30. The molecule has 0 unspecified atom stereocenters. The first kappa shape index (κ1) is 11.6. The summed E-state index contributed by atoms with van der Waals surface area (Å²) in [4.78, 5) is 11.8. The largest absolute Gasteiger partial charge is 0.376 e. The van der Waals surface area contributed by atoms with E-state index in [0.29, 0.717) is 16.7 Å². The highest BCUT2D eigenvalue weighted by Gasteiger charge is 2.19. The van der Waals surface area contributed by atoms with Gasteiger partial charge in [-0.2, -0.15) is 5.10 Å². The molecule has 1 aromatic heterocycles. The van der Waals surface area contributed by atoms with Crippen molar-refractivity contribution in [2.24, 2.45) is 7.05 Å². The van der Waals surface area contributed by atoms with Crippen LogP contribution in [-0.4, -0.2) is 34.9 Å². The van der Waals surface area contributed by atoms with Crippen molar-refractivity contribution in [3.05, 3.63) is 16.4 Å². The van der Waals surface area contributed by atoms with Crippen LogP contribution < -0.4 is 5.32 Å². The highest BCUT2D eigenvalue weighted by atomic mass is 79.9. The van der Waals surface area contributed by atoms with E-state index in [0.717, 1.165) is 19.4 Å². The van der Waals surface area contributed by atoms with Crippen LogP contribution in [0.1, 0.15) is 23.3 Å². The van der Waals surface area contributed by atoms with Crippen molar-refractivity contribution in [2.45, 2.75) is 18.9 Å². The quantitative estimate of drug-likeness (QED) is 0.906. The summed E-state index contributed by atoms with van der Waals surface area (Å²) in [7, 11) is 1.74. The van der Waals surface area contributed by atoms with Gasteiger partial charge in [-0.3, -0.25) is 9.48 Å². The van der Waals surface area contributed by atoms with Gasteiger partial charge in [0, 0.05) is 20.2 Å². The molecule has 1 atom stereocenters. The first-order valence-corrected chi connectivity index (χ1v) is 6.05. The van der Waals surface area contributed by atoms with Crippen LogP contribution in [0.4, 0.5) is 0 Å². The average Bonchev–Trinajstić information content (AvgIpc) is 2.86. The molecular weight excluding hydrogens is 274 g/mol. The number of hydrogen-bond donors (Lipinski definition) is 1. The van der Waals surface area contributed by atoms with E-state index in [1.807, 2.05) is 0 Å². The van der Waals surface area contributed by atoms with Gasteiger partial charge in [0.05, 0.1) is 16.8 Å². The minimum absolute atomic E-state index is 0.123. The molecule has 88 valence electrons. The second-order valence-corrected chi connectivity index (χ2v) is 4.66. The lowest BCUT2D eigenvalue weighted by Gasteiger charge is -2.10. The Morgan fingerprint density at radius 2 is 2.62 bits per heavy atom. The third-order valence-corrected chi connectivity index (χ3v) is 3.20. The van der Waals surface area contributed by atoms with E-state index < -0.39 is 0 Å². The molecule has 1 N–H and O–H groups in total. The lowest BCUT2D eigenvalue weighted by Crippen LogP contribution is -2.33. The second kappa shape index (κ2) is 4.97. The Balaban J connectivity index is 1.92. The molecular formula is C10H14BrN3O2. The van der Waals surface area contributed by atoms with Crippen molar-refractivity contribution in [2.75, 3.05) is 13.2 Å². The predicted octanol–water partition coefficient (Wildman–Crippen LogP) is 1.09. The Labute approximate surface area is 102 Å². The molecule has 1 fully saturated rings. The van der Waals surface area contributed by atoms with Crippen molar-refractivity contribution in [1.82, 2.24) is 15.1 Å². The molecule has 1 aliphatic rings. The minimum atomic E-state index is -0.123. The van der Waals surface area contributed by atoms with Crippen LogP contribution in [0.2, 0.25) is 0 Å². The first-order valence-electron chi connectivity index (χ1n) is 5.26. The van der Waals surface area contributed by atoms with Crippen LogP contribution in [-0.2, 0) is 11.8 Å². The molecule has 0 bridgehead atoms. The Kier molecular flexibility index (Phi) is 3.60. The van der Waals surface area contributed by atoms with Crippen LogP contribution in [0.15, 0.2) is 10.7 Å². The zero-order chi connectivity index (χ0) is 11.5. The predicted molar refractivity (Wildman–Crippen MR) is 62.2 cm³/mol. The standard InChI is InChI=1S/C10H14BrN3O2/c1-14-9(8(11)6-13-14)10(15)12-5-7-3-2-4-16-7/h6-7H,2-5H2,1H3,(H,12,15)/t7-/m0/s1. The van der Waals surface area contributed by atoms with E-state index in [2.05, 4.69) is 26.3 Å². The van der Waals surface area contributed by atoms with Crippen molar-refractivity contribution >= 4 is 21.8 Å². The molecule has 2 heterocycles. The number of nitrogens with one attached hydrogen (secondary N) is 1. The number of aromatic nitrogens is 2. The summed E-state index contributed by atoms with van der Waals surface area (Å²) in [6, 6.07) is 0. The third-order valence-electron chi connectivity index (χ3n) is 2.62. The average molecular weight is 288 g/mol. The number of carbonyl (C=O) groups is 1. The number of rotatable bonds is 3. The number of amides is 1. The first-order chi connectivity index (χ1) is 7.68. The lowest BCUT2D eigenvalue weighted by molar-refractivity contribution is 0.0849. The molecule has 0 aliphatic carbocycles. The number of aryl methyl sites for hydroxylation is 1. The maximum absolute atomic E-state index is 11.8. The van der Waals surface area contributed by atoms with Gasteiger partial charge >= 0.3 is 0 Å². The second-order valence-electron chi connectivity index (χ2n) is 3.81. The van der Waals surface area contributed by atoms with E-state index in [4.69, 9.17) is 4.74 Å². The molecule has 0 spiro atoms. The van der Waals surface area contributed by atoms with Gasteiger partial charge in [-0.15, -0.1) is 0 Å². The molecule has 5 nitrogen and oxygen atoms in total. The van der Waals surface area contributed by atoms with Crippen molar-refractivity contribution < 1.29 is 9.53 Å². The van der Waals surface area contributed by atoms with Crippen molar-refractivity contribution in [3.8, 4) is 0 Å². The van der Waals surface area contributed by atoms with Crippen molar-refractivity contribution in [3.63, 3.8) is 0 Å². The normalized spacial score (nSPS) is 20.0. The molecule has 0 saturated carbocycles. The zero-order valence-electron chi connectivity index (χ0n) is 9.07. The van der Waals surface area contributed by atoms with Gasteiger partial charge in [0.15, 0.2) is 0 Å². The fraction of sp³-hybridized carbons (Fsp3) is 0.600. The van der Waals surface area contributed by atoms with Crippen LogP contribution >= 0.6 is 15.9 Å². The van der Waals surface area contributed by atoms with E-state index >= 15 is 0 Å². The SMILES string of the molecule is Cn1ncc(Br)c1C(=O)NC[C@@H]1CCCO1. The van der Waals surface area contributed by atoms with Gasteiger partial charge in [-0.1, -0.05) is 0 Å². The van der Waals surface area contributed by atoms with Crippen LogP contribution in [0.3, 0.4) is 0 Å². The molecule has 16 heavy (non-hydrogen) atoms. The number of carbonyl (C=O) groups excluding carboxylic acids is 1. The maximum Gasteiger partial charge on any atom is 0.270 e. The van der Waals surface area contributed by atoms with Crippen LogP contribution in [0.5, 0.6) is 0 Å². The highest BCUT2D eigenvalue weighted by molar-refractivity contribution is 9.10. The summed E-state index contributed by atoms with van der Waals surface area (Å²) in [5.41, 5.74) is 0.540. The maximum atomic E-state index is 11.8. The number of nitrogens with zero attached hydrogens (tertiary/aromatic N) is 2. The summed E-state index contributed by atoms with van der Waals surface area (Å²) in [6.07, 6.45) is 3.87. The van der Waals surface area contributed by atoms with Crippen LogP contribution in [0.25, 0.3) is 0 Å². The van der Waals surface area contributed by atoms with E-state index in [1.165, 1.54) is 0 Å². The van der Waals surface area contributed by atoms with Crippen LogP contribution in [0, 0.1) is 0 Å². The number of halogens is 1. The molecule has 6 heteroatoms. The number of hydrogen-bond acceptors (Lipinski definition) is 3. The van der Waals surface area contributed by atoms with Gasteiger partial charge in [-0.05, 0) is 28.8 Å². The molecule has 1 saturated heterocycles. The topological polar surface area (TPSA) is 56.2 Å². The summed E-state index contributed by atoms with van der Waals surface area (Å²) in [6.45, 7) is 1.37. The van der Waals surface area contributed by atoms with Gasteiger partial charge in [0.25, 0.3) is 5.91 Å². The van der Waals surface area contributed by atoms with Crippen molar-refractivity contribution in [1.29, 1.82) is 0 Å². The fourth-order valence-corrected chi connectivity index (χ4v) is 2.29. The summed E-state index contributed by atoms with van der Waals surface area (Å²) < 4.78 is 7.69. The minimum Gasteiger partial charge on any atom is -0.376 e. The number of ether oxygens (including phenoxy) is 1. The summed E-state index contributed by atoms with van der Waals surface area (Å²) in [5, 5.41) is 6.85. The molecule has 1 aliphatic heterocycles. The smallest absolute Gasteiger partial charge is 0.270 e. The molecule has 2 rings (SSSR count). The molecule has 0 aromatic carbocycles. The fourth-order valence-electron chi connectivity index (χ4n) is 1.76. The van der Waals surface area contributed by atoms with Gasteiger partial charge in [0.1, 0.15) is 5.69 Å². The third kappa shape index (κ3) is 2.44. The van der Waals surface area contributed by atoms with E-state index in [-0.39, 0.29) is 12.0 Å². The van der Waals surface area contributed by atoms with Gasteiger partial charge in [-0.25, -0.2) is 0 Å². The van der Waals surface area contributed by atoms with E-state index in [9.17, 15) is 4.79 Å². The Bertz CT molecular complexity index is 366. The molecule has 0 radical (unpaired) electrons. The lowest BCUT2D eigenvalue weighted by atomic mass is 10.2. The zero-order valence-corrected chi connectivity index (χ0v) is 10.7. The van der Waals surface area contributed by atoms with Gasteiger partial charge < -0.3 is 10.1 Å². The molecule has 1 aromatic rings. The summed E-state index contributed by atoms with van der Waals surface area (Å²) in [5.74, 6) is -0.123. The Morgan fingerprint density at radius 3 is 3.19 bits per heavy atom. The molecule has 1 amide bonds. The highest BCUT2D eigenvalue weighted by Crippen LogP contribution is 2.15. The Morgan fingerprint density at radius 1 is 1.81 bits per heavy atom. The van der Waals surface area contributed by atoms with Gasteiger partial charge in [0.2, 0.25) is 0 Å². The monoisotopic (exact) mass is 287 g/mol.